The molecular formula is C13H15N2O3. The van der Waals surface area contributed by atoms with Gasteiger partial charge in [0, 0.05) is 6.08 Å². The Morgan fingerprint density at radius 2 is 2.17 bits per heavy atom. The number of nitrogens with two attached hydrogens (primary N) is 1. The predicted octanol–water partition coefficient (Wildman–Crippen LogP) is 0.874. The zero-order valence-corrected chi connectivity index (χ0v) is 10.1. The number of hydrogen-bond donors (Lipinski definition) is 1. The highest BCUT2D eigenvalue weighted by Gasteiger charge is 2.19. The normalized spacial score (nSPS) is 12.3. The molecule has 1 atom stereocenters. The molecule has 0 heterocycles. The van der Waals surface area contributed by atoms with Crippen molar-refractivity contribution in [2.75, 3.05) is 6.61 Å². The smallest absolute Gasteiger partial charge is 0.272 e. The number of hydrogen-bond acceptors (Lipinski definition) is 4. The number of nitrogens with zero attached hydrogens (tertiary/aromatic N) is 1. The summed E-state index contributed by atoms with van der Waals surface area (Å²) in [6.45, 7) is 1.93. The molecule has 1 amide bonds. The van der Waals surface area contributed by atoms with Gasteiger partial charge in [-0.2, -0.15) is 5.06 Å². The number of amides is 1. The van der Waals surface area contributed by atoms with E-state index in [2.05, 4.69) is 0 Å². The second kappa shape index (κ2) is 7.37. The van der Waals surface area contributed by atoms with Gasteiger partial charge in [0.25, 0.3) is 5.91 Å². The number of carbonyl (C=O) groups is 1. The maximum Gasteiger partial charge on any atom is 0.272 e. The first-order valence-corrected chi connectivity index (χ1v) is 5.51. The molecule has 0 aliphatic rings. The summed E-state index contributed by atoms with van der Waals surface area (Å²) in [6.07, 6.45) is 3.19. The minimum Gasteiger partial charge on any atom is -0.303 e. The highest BCUT2D eigenvalue weighted by Crippen LogP contribution is 2.03. The second-order valence-corrected chi connectivity index (χ2v) is 3.39. The van der Waals surface area contributed by atoms with Crippen molar-refractivity contribution in [2.24, 2.45) is 5.73 Å². The Kier molecular flexibility index (Phi) is 5.76. The van der Waals surface area contributed by atoms with Crippen molar-refractivity contribution in [3.8, 4) is 0 Å². The van der Waals surface area contributed by atoms with Crippen LogP contribution < -0.4 is 5.73 Å². The minimum atomic E-state index is -1.22. The van der Waals surface area contributed by atoms with Crippen LogP contribution in [0.4, 0.5) is 0 Å². The van der Waals surface area contributed by atoms with E-state index in [-0.39, 0.29) is 6.61 Å². The fourth-order valence-electron chi connectivity index (χ4n) is 1.27. The fraction of sp³-hybridized carbons (Fsp3) is 0.231. The molecule has 0 saturated carbocycles. The summed E-state index contributed by atoms with van der Waals surface area (Å²) in [4.78, 5) is 27.2. The molecule has 0 bridgehead atoms. The third kappa shape index (κ3) is 4.12. The topological polar surface area (TPSA) is 72.6 Å². The number of rotatable bonds is 6. The van der Waals surface area contributed by atoms with E-state index in [4.69, 9.17) is 10.6 Å². The lowest BCUT2D eigenvalue weighted by Crippen LogP contribution is -2.46. The summed E-state index contributed by atoms with van der Waals surface area (Å²) in [6, 6.07) is 9.29. The van der Waals surface area contributed by atoms with Crippen LogP contribution in [0.25, 0.3) is 6.08 Å². The number of carbonyl (C=O) groups excluding carboxylic acids is 2. The van der Waals surface area contributed by atoms with E-state index < -0.39 is 12.1 Å². The van der Waals surface area contributed by atoms with Gasteiger partial charge in [-0.15, -0.1) is 0 Å². The third-order valence-electron chi connectivity index (χ3n) is 2.08. The first kappa shape index (κ1) is 14.1. The standard InChI is InChI=1S/C13H15N2O3/c1-2-18-15(12(14)10-16)13(17)9-8-11-6-4-3-5-7-11/h3-9,12H,2,14H2,1H3. The molecule has 1 aromatic rings. The van der Waals surface area contributed by atoms with Gasteiger partial charge < -0.3 is 5.73 Å². The van der Waals surface area contributed by atoms with Crippen LogP contribution in [0.3, 0.4) is 0 Å². The molecule has 0 aromatic heterocycles. The van der Waals surface area contributed by atoms with E-state index in [0.717, 1.165) is 10.6 Å². The van der Waals surface area contributed by atoms with Crippen LogP contribution in [-0.2, 0) is 14.4 Å². The molecule has 95 valence electrons. The largest absolute Gasteiger partial charge is 0.303 e. The van der Waals surface area contributed by atoms with Crippen molar-refractivity contribution < 1.29 is 14.4 Å². The van der Waals surface area contributed by atoms with E-state index in [1.165, 1.54) is 12.4 Å². The molecule has 1 aromatic carbocycles. The zero-order valence-electron chi connectivity index (χ0n) is 10.1. The Balaban J connectivity index is 2.72. The fourth-order valence-corrected chi connectivity index (χ4v) is 1.27. The van der Waals surface area contributed by atoms with Crippen LogP contribution >= 0.6 is 0 Å². The van der Waals surface area contributed by atoms with Gasteiger partial charge in [0.1, 0.15) is 0 Å². The van der Waals surface area contributed by atoms with Crippen molar-refractivity contribution in [3.05, 3.63) is 42.0 Å². The van der Waals surface area contributed by atoms with Crippen molar-refractivity contribution in [2.45, 2.75) is 13.1 Å². The van der Waals surface area contributed by atoms with Crippen LogP contribution in [0, 0.1) is 0 Å². The average Bonchev–Trinajstić information content (AvgIpc) is 2.42. The third-order valence-corrected chi connectivity index (χ3v) is 2.08. The summed E-state index contributed by atoms with van der Waals surface area (Å²) in [7, 11) is 0. The van der Waals surface area contributed by atoms with Crippen LogP contribution in [0.1, 0.15) is 12.5 Å². The Morgan fingerprint density at radius 1 is 1.50 bits per heavy atom. The molecule has 5 heteroatoms. The lowest BCUT2D eigenvalue weighted by molar-refractivity contribution is -0.185. The molecule has 1 rings (SSSR count). The van der Waals surface area contributed by atoms with Crippen LogP contribution in [-0.4, -0.2) is 30.0 Å². The molecule has 18 heavy (non-hydrogen) atoms. The lowest BCUT2D eigenvalue weighted by Gasteiger charge is -2.21. The summed E-state index contributed by atoms with van der Waals surface area (Å²) < 4.78 is 0. The maximum atomic E-state index is 11.8. The summed E-state index contributed by atoms with van der Waals surface area (Å²) in [5, 5.41) is 0.798. The van der Waals surface area contributed by atoms with Gasteiger partial charge in [-0.25, -0.2) is 0 Å². The first-order chi connectivity index (χ1) is 8.69. The Hall–Kier alpha value is -1.98. The zero-order chi connectivity index (χ0) is 13.4. The Labute approximate surface area is 106 Å². The monoisotopic (exact) mass is 247 g/mol. The molecule has 2 N–H and O–H groups in total. The number of hydroxylamine groups is 2. The average molecular weight is 247 g/mol. The molecule has 0 saturated heterocycles. The minimum absolute atomic E-state index is 0.236. The molecular weight excluding hydrogens is 232 g/mol. The molecule has 1 unspecified atom stereocenters. The van der Waals surface area contributed by atoms with Crippen LogP contribution in [0.5, 0.6) is 0 Å². The first-order valence-electron chi connectivity index (χ1n) is 5.51. The van der Waals surface area contributed by atoms with Crippen molar-refractivity contribution in [3.63, 3.8) is 0 Å². The SMILES string of the molecule is CCON(C(=O)C=Cc1ccccc1)C(N)[C]=O. The van der Waals surface area contributed by atoms with E-state index in [0.29, 0.717) is 0 Å². The van der Waals surface area contributed by atoms with Crippen LogP contribution in [0.2, 0.25) is 0 Å². The van der Waals surface area contributed by atoms with E-state index in [1.54, 1.807) is 13.0 Å². The molecule has 0 spiro atoms. The van der Waals surface area contributed by atoms with Gasteiger partial charge in [-0.05, 0) is 18.6 Å². The molecule has 5 nitrogen and oxygen atoms in total. The Bertz CT molecular complexity index is 418. The van der Waals surface area contributed by atoms with Crippen molar-refractivity contribution in [1.82, 2.24) is 5.06 Å². The quantitative estimate of drug-likeness (QED) is 0.460. The lowest BCUT2D eigenvalue weighted by atomic mass is 10.2. The number of benzene rings is 1. The van der Waals surface area contributed by atoms with Crippen LogP contribution in [0.15, 0.2) is 36.4 Å². The summed E-state index contributed by atoms with van der Waals surface area (Å²) in [5.74, 6) is -0.503. The van der Waals surface area contributed by atoms with Gasteiger partial charge in [-0.1, -0.05) is 30.3 Å². The van der Waals surface area contributed by atoms with E-state index >= 15 is 0 Å². The van der Waals surface area contributed by atoms with Gasteiger partial charge in [0.2, 0.25) is 6.29 Å². The van der Waals surface area contributed by atoms with Crippen molar-refractivity contribution >= 4 is 18.3 Å². The molecule has 0 aliphatic heterocycles. The van der Waals surface area contributed by atoms with Crippen molar-refractivity contribution in [1.29, 1.82) is 0 Å². The summed E-state index contributed by atoms with van der Waals surface area (Å²) in [5.41, 5.74) is 6.26. The molecule has 0 aliphatic carbocycles. The van der Waals surface area contributed by atoms with E-state index in [9.17, 15) is 9.59 Å². The molecule has 0 fully saturated rings. The second-order valence-electron chi connectivity index (χ2n) is 3.39. The molecule has 1 radical (unpaired) electrons. The highest BCUT2D eigenvalue weighted by atomic mass is 16.7. The van der Waals surface area contributed by atoms with E-state index in [1.807, 2.05) is 30.3 Å². The highest BCUT2D eigenvalue weighted by molar-refractivity contribution is 5.92. The van der Waals surface area contributed by atoms with Gasteiger partial charge in [0.05, 0.1) is 6.61 Å². The predicted molar refractivity (Wildman–Crippen MR) is 67.6 cm³/mol. The maximum absolute atomic E-state index is 11.8. The Morgan fingerprint density at radius 3 is 2.72 bits per heavy atom. The van der Waals surface area contributed by atoms with Gasteiger partial charge in [-0.3, -0.25) is 14.4 Å². The van der Waals surface area contributed by atoms with Gasteiger partial charge >= 0.3 is 0 Å². The summed E-state index contributed by atoms with van der Waals surface area (Å²) >= 11 is 0. The van der Waals surface area contributed by atoms with Gasteiger partial charge in [0.15, 0.2) is 6.17 Å².